The topological polar surface area (TPSA) is 110 Å². The largest absolute Gasteiger partial charge is 0.519 e. The molecular weight excluding hydrogens is 316 g/mol. The fraction of sp³-hybridized carbons (Fsp3) is 0.118. The first-order chi connectivity index (χ1) is 11.5. The molecule has 0 saturated heterocycles. The molecule has 0 bridgehead atoms. The van der Waals surface area contributed by atoms with Gasteiger partial charge in [0.2, 0.25) is 0 Å². The third-order valence-corrected chi connectivity index (χ3v) is 3.02. The molecule has 0 aliphatic rings. The highest BCUT2D eigenvalue weighted by Gasteiger charge is 2.15. The minimum Gasteiger partial charge on any atom is -0.481 e. The summed E-state index contributed by atoms with van der Waals surface area (Å²) in [5.74, 6) is -1.99. The standard InChI is InChI=1S/C17H14O7/c18-15(19)9-11-5-1-3-7-13(11)23-17(22)24-14-8-4-2-6-12(14)10-16(20)21/h1-8H,9-10H2,(H,18,19)(H,20,21). The monoisotopic (exact) mass is 330 g/mol. The van der Waals surface area contributed by atoms with Crippen molar-refractivity contribution in [2.75, 3.05) is 0 Å². The van der Waals surface area contributed by atoms with E-state index >= 15 is 0 Å². The third-order valence-electron chi connectivity index (χ3n) is 3.02. The summed E-state index contributed by atoms with van der Waals surface area (Å²) in [5, 5.41) is 17.7. The van der Waals surface area contributed by atoms with E-state index in [1.54, 1.807) is 24.3 Å². The molecule has 0 unspecified atom stereocenters. The molecule has 0 aromatic heterocycles. The number of aliphatic carboxylic acids is 2. The fourth-order valence-electron chi connectivity index (χ4n) is 2.03. The van der Waals surface area contributed by atoms with E-state index in [1.165, 1.54) is 24.3 Å². The van der Waals surface area contributed by atoms with Crippen molar-refractivity contribution < 1.29 is 34.1 Å². The summed E-state index contributed by atoms with van der Waals surface area (Å²) in [6.45, 7) is 0. The van der Waals surface area contributed by atoms with Gasteiger partial charge in [0.15, 0.2) is 0 Å². The van der Waals surface area contributed by atoms with Crippen LogP contribution in [0, 0.1) is 0 Å². The second-order valence-corrected chi connectivity index (χ2v) is 4.81. The Morgan fingerprint density at radius 3 is 1.46 bits per heavy atom. The Labute approximate surface area is 137 Å². The summed E-state index contributed by atoms with van der Waals surface area (Å²) in [6.07, 6.45) is -1.69. The second-order valence-electron chi connectivity index (χ2n) is 4.81. The number of carboxylic acids is 2. The lowest BCUT2D eigenvalue weighted by atomic mass is 10.1. The summed E-state index contributed by atoms with van der Waals surface area (Å²) >= 11 is 0. The van der Waals surface area contributed by atoms with Crippen LogP contribution >= 0.6 is 0 Å². The molecule has 0 radical (unpaired) electrons. The molecule has 2 aromatic rings. The lowest BCUT2D eigenvalue weighted by Gasteiger charge is -2.10. The predicted molar refractivity (Wildman–Crippen MR) is 82.2 cm³/mol. The van der Waals surface area contributed by atoms with Crippen molar-refractivity contribution in [2.24, 2.45) is 0 Å². The number of carboxylic acid groups (broad SMARTS) is 2. The molecular formula is C17H14O7. The average Bonchev–Trinajstić information content (AvgIpc) is 2.50. The molecule has 7 nitrogen and oxygen atoms in total. The summed E-state index contributed by atoms with van der Waals surface area (Å²) in [5.41, 5.74) is 0.640. The number of ether oxygens (including phenoxy) is 2. The van der Waals surface area contributed by atoms with Gasteiger partial charge in [0, 0.05) is 11.1 Å². The highest BCUT2D eigenvalue weighted by Crippen LogP contribution is 2.22. The van der Waals surface area contributed by atoms with E-state index in [4.69, 9.17) is 19.7 Å². The van der Waals surface area contributed by atoms with Crippen molar-refractivity contribution in [3.63, 3.8) is 0 Å². The van der Waals surface area contributed by atoms with E-state index in [1.807, 2.05) is 0 Å². The second kappa shape index (κ2) is 7.77. The molecule has 0 saturated carbocycles. The molecule has 2 N–H and O–H groups in total. The van der Waals surface area contributed by atoms with Crippen LogP contribution in [0.15, 0.2) is 48.5 Å². The van der Waals surface area contributed by atoms with Gasteiger partial charge in [0.25, 0.3) is 0 Å². The zero-order valence-electron chi connectivity index (χ0n) is 12.5. The first-order valence-electron chi connectivity index (χ1n) is 6.94. The zero-order chi connectivity index (χ0) is 17.5. The first-order valence-corrected chi connectivity index (χ1v) is 6.94. The number of rotatable bonds is 6. The number of hydrogen-bond donors (Lipinski definition) is 2. The van der Waals surface area contributed by atoms with Crippen molar-refractivity contribution >= 4 is 18.1 Å². The predicted octanol–water partition coefficient (Wildman–Crippen LogP) is 2.52. The van der Waals surface area contributed by atoms with Crippen LogP contribution in [0.2, 0.25) is 0 Å². The number of benzene rings is 2. The smallest absolute Gasteiger partial charge is 0.481 e. The van der Waals surface area contributed by atoms with Crippen LogP contribution < -0.4 is 9.47 Å². The van der Waals surface area contributed by atoms with Crippen molar-refractivity contribution in [3.8, 4) is 11.5 Å². The maximum absolute atomic E-state index is 11.9. The minimum atomic E-state index is -1.08. The van der Waals surface area contributed by atoms with Crippen molar-refractivity contribution in [1.29, 1.82) is 0 Å². The average molecular weight is 330 g/mol. The van der Waals surface area contributed by atoms with Crippen LogP contribution in [-0.4, -0.2) is 28.3 Å². The maximum atomic E-state index is 11.9. The molecule has 0 heterocycles. The molecule has 24 heavy (non-hydrogen) atoms. The zero-order valence-corrected chi connectivity index (χ0v) is 12.5. The Morgan fingerprint density at radius 1 is 0.708 bits per heavy atom. The Bertz CT molecular complexity index is 704. The van der Waals surface area contributed by atoms with Gasteiger partial charge in [-0.3, -0.25) is 9.59 Å². The van der Waals surface area contributed by atoms with E-state index in [2.05, 4.69) is 0 Å². The Hall–Kier alpha value is -3.35. The van der Waals surface area contributed by atoms with E-state index in [9.17, 15) is 14.4 Å². The van der Waals surface area contributed by atoms with Gasteiger partial charge in [0.05, 0.1) is 12.8 Å². The molecule has 7 heteroatoms. The van der Waals surface area contributed by atoms with E-state index in [-0.39, 0.29) is 24.3 Å². The van der Waals surface area contributed by atoms with Crippen LogP contribution in [-0.2, 0) is 22.4 Å². The molecule has 0 amide bonds. The number of hydrogen-bond acceptors (Lipinski definition) is 5. The van der Waals surface area contributed by atoms with Crippen LogP contribution in [0.4, 0.5) is 4.79 Å². The quantitative estimate of drug-likeness (QED) is 0.618. The lowest BCUT2D eigenvalue weighted by Crippen LogP contribution is -2.16. The van der Waals surface area contributed by atoms with Gasteiger partial charge in [-0.05, 0) is 12.1 Å². The van der Waals surface area contributed by atoms with Gasteiger partial charge in [-0.25, -0.2) is 4.79 Å². The minimum absolute atomic E-state index is 0.0700. The molecule has 0 aliphatic heterocycles. The Kier molecular flexibility index (Phi) is 5.51. The van der Waals surface area contributed by atoms with Crippen molar-refractivity contribution in [2.45, 2.75) is 12.8 Å². The normalized spacial score (nSPS) is 10.0. The van der Waals surface area contributed by atoms with E-state index in [0.717, 1.165) is 0 Å². The van der Waals surface area contributed by atoms with Crippen molar-refractivity contribution in [3.05, 3.63) is 59.7 Å². The van der Waals surface area contributed by atoms with E-state index in [0.29, 0.717) is 11.1 Å². The Balaban J connectivity index is 2.12. The van der Waals surface area contributed by atoms with Gasteiger partial charge >= 0.3 is 18.1 Å². The molecule has 0 atom stereocenters. The summed E-state index contributed by atoms with van der Waals surface area (Å²) in [7, 11) is 0. The summed E-state index contributed by atoms with van der Waals surface area (Å²) in [6, 6.07) is 12.4. The van der Waals surface area contributed by atoms with Gasteiger partial charge in [-0.2, -0.15) is 0 Å². The molecule has 124 valence electrons. The number of para-hydroxylation sites is 2. The highest BCUT2D eigenvalue weighted by atomic mass is 16.7. The Morgan fingerprint density at radius 2 is 1.08 bits per heavy atom. The molecule has 0 spiro atoms. The molecule has 0 aliphatic carbocycles. The SMILES string of the molecule is O=C(O)Cc1ccccc1OC(=O)Oc1ccccc1CC(=O)O. The third kappa shape index (κ3) is 4.84. The van der Waals surface area contributed by atoms with E-state index < -0.39 is 18.1 Å². The van der Waals surface area contributed by atoms with Crippen LogP contribution in [0.5, 0.6) is 11.5 Å². The van der Waals surface area contributed by atoms with Crippen LogP contribution in [0.3, 0.4) is 0 Å². The van der Waals surface area contributed by atoms with Crippen molar-refractivity contribution in [1.82, 2.24) is 0 Å². The molecule has 2 rings (SSSR count). The van der Waals surface area contributed by atoms with Crippen LogP contribution in [0.1, 0.15) is 11.1 Å². The van der Waals surface area contributed by atoms with Gasteiger partial charge < -0.3 is 19.7 Å². The summed E-state index contributed by atoms with van der Waals surface area (Å²) in [4.78, 5) is 33.6. The fourth-order valence-corrected chi connectivity index (χ4v) is 2.03. The molecule has 0 fully saturated rings. The maximum Gasteiger partial charge on any atom is 0.519 e. The first kappa shape index (κ1) is 17.0. The lowest BCUT2D eigenvalue weighted by molar-refractivity contribution is -0.137. The number of carbonyl (C=O) groups excluding carboxylic acids is 1. The van der Waals surface area contributed by atoms with Crippen LogP contribution in [0.25, 0.3) is 0 Å². The number of carbonyl (C=O) groups is 3. The summed E-state index contributed by atoms with van der Waals surface area (Å²) < 4.78 is 10.1. The van der Waals surface area contributed by atoms with Gasteiger partial charge in [0.1, 0.15) is 11.5 Å². The van der Waals surface area contributed by atoms with Gasteiger partial charge in [-0.1, -0.05) is 36.4 Å². The molecule has 2 aromatic carbocycles. The highest BCUT2D eigenvalue weighted by molar-refractivity contribution is 5.74. The van der Waals surface area contributed by atoms with Gasteiger partial charge in [-0.15, -0.1) is 0 Å².